The minimum atomic E-state index is -3.36. The van der Waals surface area contributed by atoms with Crippen LogP contribution >= 0.6 is 0 Å². The number of benzene rings is 1. The molecular formula is C18H26FN3O5S. The average Bonchev–Trinajstić information content (AvgIpc) is 2.55. The zero-order valence-corrected chi connectivity index (χ0v) is 17.2. The largest absolute Gasteiger partial charge is 0.444 e. The van der Waals surface area contributed by atoms with Gasteiger partial charge in [-0.1, -0.05) is 0 Å². The maximum absolute atomic E-state index is 14.0. The van der Waals surface area contributed by atoms with E-state index in [0.29, 0.717) is 19.4 Å². The van der Waals surface area contributed by atoms with E-state index in [1.165, 1.54) is 16.4 Å². The predicted octanol–water partition coefficient (Wildman–Crippen LogP) is 2.78. The van der Waals surface area contributed by atoms with E-state index in [1.54, 1.807) is 20.8 Å². The summed E-state index contributed by atoms with van der Waals surface area (Å²) in [5, 5.41) is 4.97. The van der Waals surface area contributed by atoms with Crippen LogP contribution in [0.25, 0.3) is 0 Å². The summed E-state index contributed by atoms with van der Waals surface area (Å²) in [5.41, 5.74) is -0.582. The van der Waals surface area contributed by atoms with Crippen molar-refractivity contribution in [2.24, 2.45) is 5.92 Å². The van der Waals surface area contributed by atoms with Gasteiger partial charge in [-0.15, -0.1) is 0 Å². The quantitative estimate of drug-likeness (QED) is 0.787. The molecule has 0 radical (unpaired) electrons. The normalized spacial score (nSPS) is 18.4. The second kappa shape index (κ2) is 8.44. The van der Waals surface area contributed by atoms with Gasteiger partial charge in [-0.3, -0.25) is 10.1 Å². The highest BCUT2D eigenvalue weighted by molar-refractivity contribution is 7.88. The Morgan fingerprint density at radius 1 is 1.25 bits per heavy atom. The maximum Gasteiger partial charge on any atom is 0.412 e. The van der Waals surface area contributed by atoms with Crippen LogP contribution in [0.2, 0.25) is 0 Å². The zero-order valence-electron chi connectivity index (χ0n) is 16.4. The van der Waals surface area contributed by atoms with Gasteiger partial charge in [0, 0.05) is 18.8 Å². The van der Waals surface area contributed by atoms with E-state index in [1.807, 2.05) is 0 Å². The van der Waals surface area contributed by atoms with Crippen molar-refractivity contribution in [1.82, 2.24) is 4.31 Å². The van der Waals surface area contributed by atoms with E-state index >= 15 is 0 Å². The molecule has 0 saturated carbocycles. The average molecular weight is 415 g/mol. The lowest BCUT2D eigenvalue weighted by molar-refractivity contribution is -0.120. The molecule has 1 atom stereocenters. The fourth-order valence-corrected chi connectivity index (χ4v) is 3.73. The van der Waals surface area contributed by atoms with Crippen LogP contribution in [-0.4, -0.2) is 49.7 Å². The van der Waals surface area contributed by atoms with Gasteiger partial charge in [-0.25, -0.2) is 21.9 Å². The topological polar surface area (TPSA) is 105 Å². The van der Waals surface area contributed by atoms with E-state index in [2.05, 4.69) is 10.6 Å². The molecule has 0 bridgehead atoms. The SMILES string of the molecule is CC(C)(C)OC(=O)Nc1cc(NC(=O)C2CCCN(S(C)(=O)=O)C2)ccc1F. The summed E-state index contributed by atoms with van der Waals surface area (Å²) in [7, 11) is -3.36. The summed E-state index contributed by atoms with van der Waals surface area (Å²) in [6.07, 6.45) is 1.44. The van der Waals surface area contributed by atoms with Crippen molar-refractivity contribution >= 4 is 33.4 Å². The van der Waals surface area contributed by atoms with E-state index in [-0.39, 0.29) is 23.8 Å². The lowest BCUT2D eigenvalue weighted by Gasteiger charge is -2.30. The summed E-state index contributed by atoms with van der Waals surface area (Å²) in [6.45, 7) is 5.55. The second-order valence-electron chi connectivity index (χ2n) is 7.77. The summed E-state index contributed by atoms with van der Waals surface area (Å²) < 4.78 is 43.7. The standard InChI is InChI=1S/C18H26FN3O5S/c1-18(2,3)27-17(24)21-15-10-13(7-8-14(15)19)20-16(23)12-6-5-9-22(11-12)28(4,25)26/h7-8,10,12H,5-6,9,11H2,1-4H3,(H,20,23)(H,21,24). The number of hydrogen-bond acceptors (Lipinski definition) is 5. The molecule has 0 spiro atoms. The first-order chi connectivity index (χ1) is 12.8. The van der Waals surface area contributed by atoms with Crippen molar-refractivity contribution in [2.45, 2.75) is 39.2 Å². The number of carbonyl (C=O) groups excluding carboxylic acids is 2. The predicted molar refractivity (Wildman–Crippen MR) is 104 cm³/mol. The number of nitrogens with zero attached hydrogens (tertiary/aromatic N) is 1. The molecule has 2 rings (SSSR count). The molecule has 8 nitrogen and oxygen atoms in total. The number of ether oxygens (including phenoxy) is 1. The molecule has 2 N–H and O–H groups in total. The van der Waals surface area contributed by atoms with Crippen LogP contribution in [0.15, 0.2) is 18.2 Å². The van der Waals surface area contributed by atoms with Crippen LogP contribution in [0.1, 0.15) is 33.6 Å². The van der Waals surface area contributed by atoms with Gasteiger partial charge in [0.2, 0.25) is 15.9 Å². The van der Waals surface area contributed by atoms with Gasteiger partial charge < -0.3 is 10.1 Å². The number of carbonyl (C=O) groups is 2. The van der Waals surface area contributed by atoms with Gasteiger partial charge in [0.1, 0.15) is 11.4 Å². The molecule has 2 amide bonds. The highest BCUT2D eigenvalue weighted by Crippen LogP contribution is 2.24. The van der Waals surface area contributed by atoms with E-state index in [0.717, 1.165) is 12.3 Å². The first-order valence-electron chi connectivity index (χ1n) is 8.91. The van der Waals surface area contributed by atoms with Crippen molar-refractivity contribution in [2.75, 3.05) is 30.0 Å². The van der Waals surface area contributed by atoms with Crippen LogP contribution in [-0.2, 0) is 19.6 Å². The number of sulfonamides is 1. The van der Waals surface area contributed by atoms with Crippen molar-refractivity contribution in [3.05, 3.63) is 24.0 Å². The highest BCUT2D eigenvalue weighted by Gasteiger charge is 2.30. The smallest absolute Gasteiger partial charge is 0.412 e. The minimum absolute atomic E-state index is 0.106. The van der Waals surface area contributed by atoms with Crippen molar-refractivity contribution in [3.63, 3.8) is 0 Å². The lowest BCUT2D eigenvalue weighted by atomic mass is 9.98. The third-order valence-electron chi connectivity index (χ3n) is 4.09. The fraction of sp³-hybridized carbons (Fsp3) is 0.556. The number of halogens is 1. The Hall–Kier alpha value is -2.20. The second-order valence-corrected chi connectivity index (χ2v) is 9.75. The van der Waals surface area contributed by atoms with E-state index < -0.39 is 33.5 Å². The molecule has 0 aliphatic carbocycles. The monoisotopic (exact) mass is 415 g/mol. The molecule has 10 heteroatoms. The Kier molecular flexibility index (Phi) is 6.66. The Balaban J connectivity index is 2.06. The van der Waals surface area contributed by atoms with Crippen molar-refractivity contribution in [1.29, 1.82) is 0 Å². The Bertz CT molecular complexity index is 851. The van der Waals surface area contributed by atoms with Gasteiger partial charge in [-0.2, -0.15) is 0 Å². The molecule has 1 heterocycles. The molecule has 1 unspecified atom stereocenters. The van der Waals surface area contributed by atoms with Gasteiger partial charge in [0.05, 0.1) is 17.9 Å². The van der Waals surface area contributed by atoms with Gasteiger partial charge in [0.25, 0.3) is 0 Å². The molecule has 0 aromatic heterocycles. The number of amides is 2. The van der Waals surface area contributed by atoms with Gasteiger partial charge >= 0.3 is 6.09 Å². The molecular weight excluding hydrogens is 389 g/mol. The fourth-order valence-electron chi connectivity index (χ4n) is 2.81. The molecule has 156 valence electrons. The summed E-state index contributed by atoms with van der Waals surface area (Å²) in [6, 6.07) is 3.77. The molecule has 1 aliphatic rings. The number of anilines is 2. The highest BCUT2D eigenvalue weighted by atomic mass is 32.2. The third kappa shape index (κ3) is 6.45. The van der Waals surface area contributed by atoms with E-state index in [9.17, 15) is 22.4 Å². The van der Waals surface area contributed by atoms with Crippen molar-refractivity contribution in [3.8, 4) is 0 Å². The van der Waals surface area contributed by atoms with Gasteiger partial charge in [0.15, 0.2) is 0 Å². The molecule has 1 aliphatic heterocycles. The maximum atomic E-state index is 14.0. The number of nitrogens with one attached hydrogen (secondary N) is 2. The van der Waals surface area contributed by atoms with Crippen LogP contribution in [0, 0.1) is 11.7 Å². The molecule has 28 heavy (non-hydrogen) atoms. The first kappa shape index (κ1) is 22.1. The molecule has 1 aromatic carbocycles. The summed E-state index contributed by atoms with van der Waals surface area (Å²) >= 11 is 0. The Morgan fingerprint density at radius 3 is 2.54 bits per heavy atom. The molecule has 1 fully saturated rings. The van der Waals surface area contributed by atoms with Crippen LogP contribution in [0.5, 0.6) is 0 Å². The van der Waals surface area contributed by atoms with Crippen LogP contribution in [0.4, 0.5) is 20.6 Å². The van der Waals surface area contributed by atoms with Crippen molar-refractivity contribution < 1.29 is 27.1 Å². The van der Waals surface area contributed by atoms with Gasteiger partial charge in [-0.05, 0) is 51.8 Å². The number of hydrogen-bond donors (Lipinski definition) is 2. The number of piperidine rings is 1. The first-order valence-corrected chi connectivity index (χ1v) is 10.8. The number of rotatable bonds is 4. The van der Waals surface area contributed by atoms with Crippen LogP contribution < -0.4 is 10.6 Å². The Morgan fingerprint density at radius 2 is 1.93 bits per heavy atom. The third-order valence-corrected chi connectivity index (χ3v) is 5.36. The minimum Gasteiger partial charge on any atom is -0.444 e. The van der Waals surface area contributed by atoms with Crippen LogP contribution in [0.3, 0.4) is 0 Å². The molecule has 1 saturated heterocycles. The Labute approximate surface area is 164 Å². The lowest BCUT2D eigenvalue weighted by Crippen LogP contribution is -2.43. The molecule has 1 aromatic rings. The summed E-state index contributed by atoms with van der Waals surface area (Å²) in [4.78, 5) is 24.3. The summed E-state index contributed by atoms with van der Waals surface area (Å²) in [5.74, 6) is -1.54. The zero-order chi connectivity index (χ0) is 21.1. The van der Waals surface area contributed by atoms with E-state index in [4.69, 9.17) is 4.74 Å².